The van der Waals surface area contributed by atoms with Crippen LogP contribution < -0.4 is 14.2 Å². The van der Waals surface area contributed by atoms with Crippen LogP contribution in [0.5, 0.6) is 11.5 Å². The number of nitrogens with zero attached hydrogens (tertiary/aromatic N) is 1. The molecule has 140 valence electrons. The molecular weight excluding hydrogens is 388 g/mol. The fraction of sp³-hybridized carbons (Fsp3) is 0.105. The molecule has 0 saturated carbocycles. The zero-order valence-corrected chi connectivity index (χ0v) is 16.0. The number of hydrogen-bond acceptors (Lipinski definition) is 5. The maximum absolute atomic E-state index is 12.5. The topological polar surface area (TPSA) is 77.5 Å². The predicted octanol–water partition coefficient (Wildman–Crippen LogP) is 4.12. The van der Waals surface area contributed by atoms with Gasteiger partial charge in [-0.1, -0.05) is 17.7 Å². The SMILES string of the molecule is COc1ccc(S(=O)(=O)Nc2ccc(OCc3cccnc3)c(Cl)c2)cc1. The van der Waals surface area contributed by atoms with Crippen LogP contribution in [0, 0.1) is 0 Å². The Hall–Kier alpha value is -2.77. The van der Waals surface area contributed by atoms with Crippen molar-refractivity contribution in [2.45, 2.75) is 11.5 Å². The lowest BCUT2D eigenvalue weighted by Crippen LogP contribution is -2.12. The minimum Gasteiger partial charge on any atom is -0.497 e. The molecule has 3 rings (SSSR count). The maximum Gasteiger partial charge on any atom is 0.261 e. The van der Waals surface area contributed by atoms with Crippen molar-refractivity contribution in [3.63, 3.8) is 0 Å². The molecule has 1 aromatic heterocycles. The van der Waals surface area contributed by atoms with Crippen LogP contribution >= 0.6 is 11.6 Å². The van der Waals surface area contributed by atoms with E-state index in [2.05, 4.69) is 9.71 Å². The Kier molecular flexibility index (Phi) is 5.83. The summed E-state index contributed by atoms with van der Waals surface area (Å²) >= 11 is 6.22. The Bertz CT molecular complexity index is 1010. The van der Waals surface area contributed by atoms with Crippen molar-refractivity contribution in [2.24, 2.45) is 0 Å². The van der Waals surface area contributed by atoms with Crippen molar-refractivity contribution in [2.75, 3.05) is 11.8 Å². The molecule has 0 radical (unpaired) electrons. The van der Waals surface area contributed by atoms with Crippen molar-refractivity contribution in [1.82, 2.24) is 4.98 Å². The summed E-state index contributed by atoms with van der Waals surface area (Å²) in [5.74, 6) is 1.03. The summed E-state index contributed by atoms with van der Waals surface area (Å²) in [5.41, 5.74) is 1.24. The van der Waals surface area contributed by atoms with Crippen LogP contribution in [-0.2, 0) is 16.6 Å². The number of hydrogen-bond donors (Lipinski definition) is 1. The molecule has 0 fully saturated rings. The van der Waals surface area contributed by atoms with Gasteiger partial charge in [0.25, 0.3) is 10.0 Å². The molecule has 0 unspecified atom stereocenters. The van der Waals surface area contributed by atoms with E-state index >= 15 is 0 Å². The standard InChI is InChI=1S/C19H17ClN2O4S/c1-25-16-5-7-17(8-6-16)27(23,24)22-15-4-9-19(18(20)11-15)26-13-14-3-2-10-21-12-14/h2-12,22H,13H2,1H3. The van der Waals surface area contributed by atoms with Gasteiger partial charge >= 0.3 is 0 Å². The second-order valence-electron chi connectivity index (χ2n) is 5.58. The molecule has 27 heavy (non-hydrogen) atoms. The molecule has 3 aromatic rings. The predicted molar refractivity (Wildman–Crippen MR) is 104 cm³/mol. The first-order valence-corrected chi connectivity index (χ1v) is 9.82. The van der Waals surface area contributed by atoms with Crippen molar-refractivity contribution in [1.29, 1.82) is 0 Å². The molecule has 0 aliphatic heterocycles. The van der Waals surface area contributed by atoms with Crippen LogP contribution in [0.2, 0.25) is 5.02 Å². The molecule has 1 N–H and O–H groups in total. The minimum absolute atomic E-state index is 0.122. The fourth-order valence-electron chi connectivity index (χ4n) is 2.29. The first kappa shape index (κ1) is 19.0. The van der Waals surface area contributed by atoms with Gasteiger partial charge in [-0.2, -0.15) is 0 Å². The molecule has 0 spiro atoms. The molecule has 0 aliphatic rings. The van der Waals surface area contributed by atoms with Crippen LogP contribution in [0.1, 0.15) is 5.56 Å². The minimum atomic E-state index is -3.74. The molecule has 0 atom stereocenters. The lowest BCUT2D eigenvalue weighted by molar-refractivity contribution is 0.306. The first-order valence-electron chi connectivity index (χ1n) is 7.96. The Morgan fingerprint density at radius 1 is 1.11 bits per heavy atom. The quantitative estimate of drug-likeness (QED) is 0.640. The molecule has 0 saturated heterocycles. The van der Waals surface area contributed by atoms with Crippen LogP contribution in [0.25, 0.3) is 0 Å². The van der Waals surface area contributed by atoms with Crippen LogP contribution in [0.15, 0.2) is 71.9 Å². The third-order valence-electron chi connectivity index (χ3n) is 3.67. The molecule has 8 heteroatoms. The Morgan fingerprint density at radius 2 is 1.89 bits per heavy atom. The highest BCUT2D eigenvalue weighted by Crippen LogP contribution is 2.29. The summed E-state index contributed by atoms with van der Waals surface area (Å²) in [7, 11) is -2.22. The van der Waals surface area contributed by atoms with Crippen molar-refractivity contribution in [3.05, 3.63) is 77.6 Å². The first-order chi connectivity index (χ1) is 13.0. The average Bonchev–Trinajstić information content (AvgIpc) is 2.68. The summed E-state index contributed by atoms with van der Waals surface area (Å²) < 4.78 is 38.1. The van der Waals surface area contributed by atoms with Gasteiger partial charge in [-0.05, 0) is 48.5 Å². The normalized spacial score (nSPS) is 11.0. The highest BCUT2D eigenvalue weighted by Gasteiger charge is 2.15. The van der Waals surface area contributed by atoms with Gasteiger partial charge in [0.15, 0.2) is 0 Å². The summed E-state index contributed by atoms with van der Waals surface area (Å²) in [6.45, 7) is 0.310. The number of halogens is 1. The van der Waals surface area contributed by atoms with Crippen LogP contribution in [0.3, 0.4) is 0 Å². The number of sulfonamides is 1. The lowest BCUT2D eigenvalue weighted by Gasteiger charge is -2.12. The van der Waals surface area contributed by atoms with E-state index in [0.717, 1.165) is 5.56 Å². The number of aromatic nitrogens is 1. The molecule has 0 amide bonds. The second-order valence-corrected chi connectivity index (χ2v) is 7.67. The summed E-state index contributed by atoms with van der Waals surface area (Å²) in [6.07, 6.45) is 3.38. The smallest absolute Gasteiger partial charge is 0.261 e. The average molecular weight is 405 g/mol. The highest BCUT2D eigenvalue weighted by molar-refractivity contribution is 7.92. The van der Waals surface area contributed by atoms with Gasteiger partial charge in [0.1, 0.15) is 18.1 Å². The Labute approximate surface area is 162 Å². The number of benzene rings is 2. The fourth-order valence-corrected chi connectivity index (χ4v) is 3.58. The van der Waals surface area contributed by atoms with Gasteiger partial charge in [0, 0.05) is 18.0 Å². The third-order valence-corrected chi connectivity index (χ3v) is 5.36. The Balaban J connectivity index is 1.71. The number of anilines is 1. The van der Waals surface area contributed by atoms with Crippen molar-refractivity contribution >= 4 is 27.3 Å². The number of nitrogens with one attached hydrogen (secondary N) is 1. The summed E-state index contributed by atoms with van der Waals surface area (Å²) in [5, 5.41) is 0.300. The van der Waals surface area contributed by atoms with Crippen LogP contribution in [-0.4, -0.2) is 20.5 Å². The van der Waals surface area contributed by atoms with E-state index in [1.165, 1.54) is 25.3 Å². The number of ether oxygens (including phenoxy) is 2. The zero-order chi connectivity index (χ0) is 19.3. The Morgan fingerprint density at radius 3 is 2.52 bits per heavy atom. The van der Waals surface area contributed by atoms with Crippen LogP contribution in [0.4, 0.5) is 5.69 Å². The van der Waals surface area contributed by atoms with E-state index in [1.807, 2.05) is 12.1 Å². The number of rotatable bonds is 7. The molecular formula is C19H17ClN2O4S. The van der Waals surface area contributed by atoms with Crippen molar-refractivity contribution in [3.8, 4) is 11.5 Å². The molecule has 0 bridgehead atoms. The number of pyridine rings is 1. The van der Waals surface area contributed by atoms with E-state index in [4.69, 9.17) is 21.1 Å². The molecule has 1 heterocycles. The molecule has 6 nitrogen and oxygen atoms in total. The maximum atomic E-state index is 12.5. The largest absolute Gasteiger partial charge is 0.497 e. The van der Waals surface area contributed by atoms with E-state index in [-0.39, 0.29) is 4.90 Å². The van der Waals surface area contributed by atoms with E-state index in [0.29, 0.717) is 28.8 Å². The molecule has 2 aromatic carbocycles. The highest BCUT2D eigenvalue weighted by atomic mass is 35.5. The van der Waals surface area contributed by atoms with Gasteiger partial charge in [-0.25, -0.2) is 8.42 Å². The molecule has 0 aliphatic carbocycles. The monoisotopic (exact) mass is 404 g/mol. The third kappa shape index (κ3) is 4.90. The van der Waals surface area contributed by atoms with Gasteiger partial charge in [0.05, 0.1) is 22.7 Å². The van der Waals surface area contributed by atoms with E-state index in [1.54, 1.807) is 36.7 Å². The lowest BCUT2D eigenvalue weighted by atomic mass is 10.3. The van der Waals surface area contributed by atoms with Gasteiger partial charge in [-0.3, -0.25) is 9.71 Å². The second kappa shape index (κ2) is 8.28. The summed E-state index contributed by atoms with van der Waals surface area (Å²) in [6, 6.07) is 14.5. The van der Waals surface area contributed by atoms with E-state index in [9.17, 15) is 8.42 Å². The van der Waals surface area contributed by atoms with E-state index < -0.39 is 10.0 Å². The van der Waals surface area contributed by atoms with Crippen molar-refractivity contribution < 1.29 is 17.9 Å². The zero-order valence-electron chi connectivity index (χ0n) is 14.4. The van der Waals surface area contributed by atoms with Gasteiger partial charge < -0.3 is 9.47 Å². The van der Waals surface area contributed by atoms with Gasteiger partial charge in [-0.15, -0.1) is 0 Å². The van der Waals surface area contributed by atoms with Gasteiger partial charge in [0.2, 0.25) is 0 Å². The number of methoxy groups -OCH3 is 1. The summed E-state index contributed by atoms with van der Waals surface area (Å²) in [4.78, 5) is 4.14.